The summed E-state index contributed by atoms with van der Waals surface area (Å²) in [6.45, 7) is 10.9. The Balaban J connectivity index is 1.76. The van der Waals surface area contributed by atoms with Crippen molar-refractivity contribution in [2.45, 2.75) is 65.0 Å². The molecule has 1 fully saturated rings. The van der Waals surface area contributed by atoms with Gasteiger partial charge in [-0.3, -0.25) is 9.59 Å². The highest BCUT2D eigenvalue weighted by molar-refractivity contribution is 6.33. The number of piperidine rings is 1. The SMILES string of the molecule is CC1=NC(C)=C(O)C(C(=O)NCC(=O)O)N1C1CCN(c2ccc(C(C)(C)C)cc2Cl)CC1. The number of aliphatic carboxylic acids is 1. The molecule has 2 heterocycles. The Bertz CT molecular complexity index is 991. The number of carboxylic acid groups (broad SMARTS) is 1. The van der Waals surface area contributed by atoms with Crippen LogP contribution in [-0.4, -0.2) is 64.5 Å². The van der Waals surface area contributed by atoms with Crippen LogP contribution in [0.5, 0.6) is 0 Å². The number of amidine groups is 1. The molecule has 0 saturated carbocycles. The van der Waals surface area contributed by atoms with Crippen molar-refractivity contribution >= 4 is 35.0 Å². The van der Waals surface area contributed by atoms with Gasteiger partial charge in [-0.25, -0.2) is 4.99 Å². The Morgan fingerprint density at radius 3 is 2.39 bits per heavy atom. The Hall–Kier alpha value is -2.74. The van der Waals surface area contributed by atoms with E-state index in [2.05, 4.69) is 48.1 Å². The number of allylic oxidation sites excluding steroid dienone is 1. The number of anilines is 1. The molecule has 3 N–H and O–H groups in total. The average molecular weight is 477 g/mol. The van der Waals surface area contributed by atoms with Crippen LogP contribution in [0.1, 0.15) is 53.0 Å². The minimum Gasteiger partial charge on any atom is -0.508 e. The number of hydrogen-bond donors (Lipinski definition) is 3. The molecule has 1 unspecified atom stereocenters. The van der Waals surface area contributed by atoms with Crippen molar-refractivity contribution < 1.29 is 19.8 Å². The van der Waals surface area contributed by atoms with E-state index in [0.29, 0.717) is 11.5 Å². The van der Waals surface area contributed by atoms with Gasteiger partial charge in [-0.2, -0.15) is 0 Å². The van der Waals surface area contributed by atoms with Crippen molar-refractivity contribution in [1.82, 2.24) is 10.2 Å². The summed E-state index contributed by atoms with van der Waals surface area (Å²) in [5, 5.41) is 22.7. The molecule has 0 spiro atoms. The molecule has 1 aromatic carbocycles. The molecule has 0 bridgehead atoms. The van der Waals surface area contributed by atoms with E-state index in [4.69, 9.17) is 16.7 Å². The summed E-state index contributed by atoms with van der Waals surface area (Å²) < 4.78 is 0. The van der Waals surface area contributed by atoms with Crippen molar-refractivity contribution in [3.8, 4) is 0 Å². The van der Waals surface area contributed by atoms with Crippen molar-refractivity contribution in [3.05, 3.63) is 40.2 Å². The molecule has 8 nitrogen and oxygen atoms in total. The lowest BCUT2D eigenvalue weighted by molar-refractivity contribution is -0.138. The Morgan fingerprint density at radius 2 is 1.85 bits per heavy atom. The number of carbonyl (C=O) groups is 2. The fraction of sp³-hybridized carbons (Fsp3) is 0.542. The van der Waals surface area contributed by atoms with Crippen molar-refractivity contribution in [2.24, 2.45) is 4.99 Å². The van der Waals surface area contributed by atoms with E-state index in [1.54, 1.807) is 6.92 Å². The standard InChI is InChI=1S/C24H33ClN4O4/c1-14-22(32)21(23(33)26-13-20(30)31)29(15(2)27-14)17-8-10-28(11-9-17)19-7-6-16(12-18(19)25)24(3,4)5/h6-7,12,17,21,32H,8-11,13H2,1-5H3,(H,26,33)(H,30,31). The first kappa shape index (κ1) is 24.9. The fourth-order valence-electron chi connectivity index (χ4n) is 4.47. The maximum absolute atomic E-state index is 12.8. The van der Waals surface area contributed by atoms with Crippen molar-refractivity contribution in [2.75, 3.05) is 24.5 Å². The van der Waals surface area contributed by atoms with Gasteiger partial charge >= 0.3 is 5.97 Å². The Kier molecular flexibility index (Phi) is 7.26. The number of carbonyl (C=O) groups excluding carboxylic acids is 1. The van der Waals surface area contributed by atoms with Crippen LogP contribution in [0.3, 0.4) is 0 Å². The Morgan fingerprint density at radius 1 is 1.21 bits per heavy atom. The summed E-state index contributed by atoms with van der Waals surface area (Å²) in [4.78, 5) is 32.2. The van der Waals surface area contributed by atoms with E-state index in [1.807, 2.05) is 17.9 Å². The number of benzene rings is 1. The third-order valence-corrected chi connectivity index (χ3v) is 6.59. The van der Waals surface area contributed by atoms with Crippen LogP contribution in [0, 0.1) is 0 Å². The zero-order chi connectivity index (χ0) is 24.5. The Labute approximate surface area is 199 Å². The lowest BCUT2D eigenvalue weighted by atomic mass is 9.87. The molecule has 180 valence electrons. The number of nitrogens with zero attached hydrogens (tertiary/aromatic N) is 3. The van der Waals surface area contributed by atoms with Crippen LogP contribution >= 0.6 is 11.6 Å². The number of aliphatic hydroxyl groups excluding tert-OH is 1. The minimum atomic E-state index is -1.14. The third-order valence-electron chi connectivity index (χ3n) is 6.29. The number of aliphatic imine (C=N–C) groups is 1. The highest BCUT2D eigenvalue weighted by Crippen LogP contribution is 2.35. The quantitative estimate of drug-likeness (QED) is 0.598. The van der Waals surface area contributed by atoms with E-state index in [1.165, 1.54) is 5.56 Å². The van der Waals surface area contributed by atoms with E-state index in [-0.39, 0.29) is 17.2 Å². The second kappa shape index (κ2) is 9.63. The molecular formula is C24H33ClN4O4. The summed E-state index contributed by atoms with van der Waals surface area (Å²) in [5.74, 6) is -1.20. The second-order valence-corrected chi connectivity index (χ2v) is 10.1. The van der Waals surface area contributed by atoms with Gasteiger partial charge in [0, 0.05) is 19.1 Å². The molecule has 1 amide bonds. The predicted octanol–water partition coefficient (Wildman–Crippen LogP) is 3.70. The minimum absolute atomic E-state index is 0.0180. The summed E-state index contributed by atoms with van der Waals surface area (Å²) in [6.07, 6.45) is 1.47. The van der Waals surface area contributed by atoms with Crippen LogP contribution in [0.25, 0.3) is 0 Å². The third kappa shape index (κ3) is 5.43. The first-order valence-electron chi connectivity index (χ1n) is 11.2. The van der Waals surface area contributed by atoms with Crippen molar-refractivity contribution in [3.63, 3.8) is 0 Å². The van der Waals surface area contributed by atoms with Gasteiger partial charge < -0.3 is 25.3 Å². The van der Waals surface area contributed by atoms with Gasteiger partial charge in [-0.05, 0) is 49.8 Å². The van der Waals surface area contributed by atoms with Crippen LogP contribution in [0.15, 0.2) is 34.6 Å². The normalized spacial score (nSPS) is 20.1. The highest BCUT2D eigenvalue weighted by Gasteiger charge is 2.40. The highest BCUT2D eigenvalue weighted by atomic mass is 35.5. The van der Waals surface area contributed by atoms with Gasteiger partial charge in [0.15, 0.2) is 6.04 Å². The largest absolute Gasteiger partial charge is 0.508 e. The molecule has 33 heavy (non-hydrogen) atoms. The molecule has 0 radical (unpaired) electrons. The summed E-state index contributed by atoms with van der Waals surface area (Å²) in [6, 6.07) is 5.18. The molecule has 2 aliphatic rings. The van der Waals surface area contributed by atoms with E-state index in [9.17, 15) is 14.7 Å². The number of rotatable bonds is 5. The molecule has 0 aliphatic carbocycles. The first-order chi connectivity index (χ1) is 15.4. The monoisotopic (exact) mass is 476 g/mol. The summed E-state index contributed by atoms with van der Waals surface area (Å²) >= 11 is 6.63. The number of nitrogens with one attached hydrogen (secondary N) is 1. The first-order valence-corrected chi connectivity index (χ1v) is 11.6. The van der Waals surface area contributed by atoms with Gasteiger partial charge in [0.05, 0.1) is 16.4 Å². The van der Waals surface area contributed by atoms with Gasteiger partial charge in [0.25, 0.3) is 5.91 Å². The van der Waals surface area contributed by atoms with Crippen LogP contribution < -0.4 is 10.2 Å². The van der Waals surface area contributed by atoms with Crippen LogP contribution in [-0.2, 0) is 15.0 Å². The number of amides is 1. The second-order valence-electron chi connectivity index (χ2n) is 9.69. The summed E-state index contributed by atoms with van der Waals surface area (Å²) in [7, 11) is 0. The maximum atomic E-state index is 12.8. The fourth-order valence-corrected chi connectivity index (χ4v) is 4.77. The van der Waals surface area contributed by atoms with Crippen LogP contribution in [0.2, 0.25) is 5.02 Å². The summed E-state index contributed by atoms with van der Waals surface area (Å²) in [5.41, 5.74) is 2.55. The lowest BCUT2D eigenvalue weighted by Gasteiger charge is -2.44. The molecule has 9 heteroatoms. The predicted molar refractivity (Wildman–Crippen MR) is 130 cm³/mol. The lowest BCUT2D eigenvalue weighted by Crippen LogP contribution is -2.58. The van der Waals surface area contributed by atoms with Crippen molar-refractivity contribution in [1.29, 1.82) is 0 Å². The number of halogens is 1. The van der Waals surface area contributed by atoms with E-state index in [0.717, 1.165) is 36.6 Å². The molecule has 1 atom stereocenters. The molecule has 1 aromatic rings. The maximum Gasteiger partial charge on any atom is 0.322 e. The zero-order valence-corrected chi connectivity index (χ0v) is 20.6. The zero-order valence-electron chi connectivity index (χ0n) is 19.9. The van der Waals surface area contributed by atoms with Gasteiger partial charge in [-0.15, -0.1) is 0 Å². The number of aliphatic hydroxyl groups is 1. The topological polar surface area (TPSA) is 105 Å². The number of carboxylic acids is 1. The molecular weight excluding hydrogens is 444 g/mol. The molecule has 2 aliphatic heterocycles. The van der Waals surface area contributed by atoms with E-state index < -0.39 is 24.5 Å². The number of hydrogen-bond acceptors (Lipinski definition) is 6. The van der Waals surface area contributed by atoms with Gasteiger partial charge in [-0.1, -0.05) is 38.4 Å². The van der Waals surface area contributed by atoms with Crippen LogP contribution in [0.4, 0.5) is 5.69 Å². The molecule has 1 saturated heterocycles. The smallest absolute Gasteiger partial charge is 0.322 e. The van der Waals surface area contributed by atoms with Gasteiger partial charge in [0.1, 0.15) is 18.1 Å². The molecule has 0 aromatic heterocycles. The van der Waals surface area contributed by atoms with E-state index >= 15 is 0 Å². The van der Waals surface area contributed by atoms with Gasteiger partial charge in [0.2, 0.25) is 0 Å². The average Bonchev–Trinajstić information content (AvgIpc) is 2.74. The molecule has 3 rings (SSSR count).